The molecule has 3 fully saturated rings. The standard InChI is InChI=1S/C27H26N2O4/c30-24(31)23-15-20(19-3-1-2-4-22(19)28-23)17-5-7-18(8-6-17)21-16-26(21)11-13-29(14-12-26)25(32)27(33)9-10-27/h1-8,15,21,33H,9-14,16H2,(H,30,31)/t21-/m1/s1. The Kier molecular flexibility index (Phi) is 4.40. The molecule has 0 bridgehead atoms. The molecule has 1 saturated heterocycles. The highest BCUT2D eigenvalue weighted by molar-refractivity contribution is 5.99. The zero-order valence-corrected chi connectivity index (χ0v) is 18.3. The van der Waals surface area contributed by atoms with Gasteiger partial charge in [0, 0.05) is 18.5 Å². The van der Waals surface area contributed by atoms with Crippen LogP contribution >= 0.6 is 0 Å². The van der Waals surface area contributed by atoms with Crippen LogP contribution in [0.1, 0.15) is 54.1 Å². The number of carboxylic acid groups (broad SMARTS) is 1. The van der Waals surface area contributed by atoms with Crippen LogP contribution in [0.25, 0.3) is 22.0 Å². The molecule has 3 aliphatic rings. The Balaban J connectivity index is 1.21. The first kappa shape index (κ1) is 20.4. The van der Waals surface area contributed by atoms with Crippen LogP contribution in [-0.4, -0.2) is 50.7 Å². The van der Waals surface area contributed by atoms with E-state index in [-0.39, 0.29) is 17.0 Å². The van der Waals surface area contributed by atoms with Gasteiger partial charge in [0.1, 0.15) is 11.3 Å². The second-order valence-electron chi connectivity index (χ2n) is 9.94. The summed E-state index contributed by atoms with van der Waals surface area (Å²) in [5, 5.41) is 20.6. The molecular formula is C27H26N2O4. The Morgan fingerprint density at radius 3 is 2.33 bits per heavy atom. The average molecular weight is 443 g/mol. The van der Waals surface area contributed by atoms with E-state index < -0.39 is 11.6 Å². The number of para-hydroxylation sites is 1. The predicted molar refractivity (Wildman–Crippen MR) is 124 cm³/mol. The number of hydrogen-bond donors (Lipinski definition) is 2. The minimum absolute atomic E-state index is 0.0473. The number of pyridine rings is 1. The van der Waals surface area contributed by atoms with Gasteiger partial charge in [0.25, 0.3) is 5.91 Å². The van der Waals surface area contributed by atoms with E-state index in [4.69, 9.17) is 0 Å². The molecule has 0 radical (unpaired) electrons. The molecule has 6 rings (SSSR count). The minimum Gasteiger partial charge on any atom is -0.477 e. The molecule has 33 heavy (non-hydrogen) atoms. The van der Waals surface area contributed by atoms with Crippen LogP contribution < -0.4 is 0 Å². The minimum atomic E-state index is -1.07. The first-order valence-corrected chi connectivity index (χ1v) is 11.6. The van der Waals surface area contributed by atoms with Crippen molar-refractivity contribution >= 4 is 22.8 Å². The number of fused-ring (bicyclic) bond motifs is 1. The number of amides is 1. The number of carbonyl (C=O) groups is 2. The third-order valence-electron chi connectivity index (χ3n) is 7.92. The van der Waals surface area contributed by atoms with Gasteiger partial charge in [-0.05, 0) is 72.3 Å². The van der Waals surface area contributed by atoms with Gasteiger partial charge in [-0.15, -0.1) is 0 Å². The third kappa shape index (κ3) is 3.40. The molecule has 1 atom stereocenters. The van der Waals surface area contributed by atoms with E-state index in [1.54, 1.807) is 6.07 Å². The van der Waals surface area contributed by atoms with E-state index in [1.807, 2.05) is 29.2 Å². The number of rotatable bonds is 4. The van der Waals surface area contributed by atoms with E-state index in [2.05, 4.69) is 29.2 Å². The van der Waals surface area contributed by atoms with Gasteiger partial charge >= 0.3 is 5.97 Å². The molecule has 1 spiro atoms. The van der Waals surface area contributed by atoms with Crippen molar-refractivity contribution in [2.24, 2.45) is 5.41 Å². The van der Waals surface area contributed by atoms with Gasteiger partial charge in [-0.2, -0.15) is 0 Å². The molecule has 6 heteroatoms. The average Bonchev–Trinajstić information content (AvgIpc) is 3.76. The number of nitrogens with zero attached hydrogens (tertiary/aromatic N) is 2. The molecular weight excluding hydrogens is 416 g/mol. The van der Waals surface area contributed by atoms with Crippen LogP contribution in [0.15, 0.2) is 54.6 Å². The van der Waals surface area contributed by atoms with E-state index in [0.29, 0.717) is 24.3 Å². The molecule has 2 saturated carbocycles. The summed E-state index contributed by atoms with van der Waals surface area (Å²) >= 11 is 0. The molecule has 168 valence electrons. The molecule has 1 aliphatic heterocycles. The summed E-state index contributed by atoms with van der Waals surface area (Å²) in [5.74, 6) is -0.613. The first-order chi connectivity index (χ1) is 15.9. The lowest BCUT2D eigenvalue weighted by atomic mass is 9.88. The van der Waals surface area contributed by atoms with E-state index in [1.165, 1.54) is 5.56 Å². The molecule has 2 N–H and O–H groups in total. The Bertz CT molecular complexity index is 1270. The molecule has 2 aromatic carbocycles. The van der Waals surface area contributed by atoms with Gasteiger partial charge in [0.15, 0.2) is 0 Å². The van der Waals surface area contributed by atoms with E-state index >= 15 is 0 Å². The van der Waals surface area contributed by atoms with Crippen LogP contribution in [0.4, 0.5) is 0 Å². The fourth-order valence-corrected chi connectivity index (χ4v) is 5.57. The maximum atomic E-state index is 12.4. The zero-order valence-electron chi connectivity index (χ0n) is 18.3. The molecule has 2 aliphatic carbocycles. The Labute approximate surface area is 191 Å². The largest absolute Gasteiger partial charge is 0.477 e. The summed E-state index contributed by atoms with van der Waals surface area (Å²) in [5.41, 5.74) is 3.08. The van der Waals surface area contributed by atoms with E-state index in [9.17, 15) is 19.8 Å². The monoisotopic (exact) mass is 442 g/mol. The SMILES string of the molecule is O=C(O)c1cc(-c2ccc([C@H]3CC34CCN(C(=O)C3(O)CC3)CC4)cc2)c2ccccc2n1. The maximum Gasteiger partial charge on any atom is 0.354 e. The lowest BCUT2D eigenvalue weighted by Crippen LogP contribution is -2.45. The van der Waals surface area contributed by atoms with Crippen molar-refractivity contribution in [3.63, 3.8) is 0 Å². The quantitative estimate of drug-likeness (QED) is 0.631. The van der Waals surface area contributed by atoms with Crippen LogP contribution in [0, 0.1) is 5.41 Å². The van der Waals surface area contributed by atoms with Crippen LogP contribution in [-0.2, 0) is 4.79 Å². The number of benzene rings is 2. The van der Waals surface area contributed by atoms with Crippen LogP contribution in [0.2, 0.25) is 0 Å². The molecule has 1 amide bonds. The van der Waals surface area contributed by atoms with Crippen molar-refractivity contribution in [1.82, 2.24) is 9.88 Å². The summed E-state index contributed by atoms with van der Waals surface area (Å²) in [6.07, 6.45) is 4.31. The van der Waals surface area contributed by atoms with Crippen molar-refractivity contribution in [1.29, 1.82) is 0 Å². The third-order valence-corrected chi connectivity index (χ3v) is 7.92. The lowest BCUT2D eigenvalue weighted by molar-refractivity contribution is -0.144. The van der Waals surface area contributed by atoms with Crippen molar-refractivity contribution < 1.29 is 19.8 Å². The number of likely N-dealkylation sites (tertiary alicyclic amines) is 1. The molecule has 2 heterocycles. The number of hydrogen-bond acceptors (Lipinski definition) is 4. The van der Waals surface area contributed by atoms with Gasteiger partial charge < -0.3 is 15.1 Å². The fraction of sp³-hybridized carbons (Fsp3) is 0.370. The van der Waals surface area contributed by atoms with Gasteiger partial charge in [0.05, 0.1) is 5.52 Å². The van der Waals surface area contributed by atoms with Crippen LogP contribution in [0.5, 0.6) is 0 Å². The molecule has 3 aromatic rings. The second-order valence-corrected chi connectivity index (χ2v) is 9.94. The maximum absolute atomic E-state index is 12.4. The molecule has 6 nitrogen and oxygen atoms in total. The van der Waals surface area contributed by atoms with Crippen molar-refractivity contribution in [2.45, 2.75) is 43.6 Å². The number of piperidine rings is 1. The predicted octanol–water partition coefficient (Wildman–Crippen LogP) is 4.22. The second kappa shape index (κ2) is 7.12. The summed E-state index contributed by atoms with van der Waals surface area (Å²) in [4.78, 5) is 30.1. The lowest BCUT2D eigenvalue weighted by Gasteiger charge is -2.34. The Morgan fingerprint density at radius 1 is 0.970 bits per heavy atom. The van der Waals surface area contributed by atoms with Gasteiger partial charge in [0.2, 0.25) is 0 Å². The van der Waals surface area contributed by atoms with Gasteiger partial charge in [-0.3, -0.25) is 4.79 Å². The highest BCUT2D eigenvalue weighted by Crippen LogP contribution is 2.65. The Hall–Kier alpha value is -3.25. The highest BCUT2D eigenvalue weighted by atomic mass is 16.4. The zero-order chi connectivity index (χ0) is 22.8. The number of aliphatic hydroxyl groups is 1. The fourth-order valence-electron chi connectivity index (χ4n) is 5.57. The van der Waals surface area contributed by atoms with Gasteiger partial charge in [-0.25, -0.2) is 9.78 Å². The normalized spacial score (nSPS) is 22.3. The smallest absolute Gasteiger partial charge is 0.354 e. The summed E-state index contributed by atoms with van der Waals surface area (Å²) < 4.78 is 0. The Morgan fingerprint density at radius 2 is 1.67 bits per heavy atom. The number of carbonyl (C=O) groups excluding carboxylic acids is 1. The van der Waals surface area contributed by atoms with Crippen molar-refractivity contribution in [3.05, 3.63) is 65.9 Å². The summed E-state index contributed by atoms with van der Waals surface area (Å²) in [6, 6.07) is 17.8. The number of carboxylic acids is 1. The first-order valence-electron chi connectivity index (χ1n) is 11.6. The van der Waals surface area contributed by atoms with Gasteiger partial charge in [-0.1, -0.05) is 42.5 Å². The molecule has 0 unspecified atom stereocenters. The summed E-state index contributed by atoms with van der Waals surface area (Å²) in [6.45, 7) is 1.47. The van der Waals surface area contributed by atoms with E-state index in [0.717, 1.165) is 48.9 Å². The summed E-state index contributed by atoms with van der Waals surface area (Å²) in [7, 11) is 0. The van der Waals surface area contributed by atoms with Crippen molar-refractivity contribution in [2.75, 3.05) is 13.1 Å². The number of aromatic nitrogens is 1. The number of aromatic carboxylic acids is 1. The molecule has 1 aromatic heterocycles. The highest BCUT2D eigenvalue weighted by Gasteiger charge is 2.57. The van der Waals surface area contributed by atoms with Crippen molar-refractivity contribution in [3.8, 4) is 11.1 Å². The van der Waals surface area contributed by atoms with Crippen LogP contribution in [0.3, 0.4) is 0 Å². The topological polar surface area (TPSA) is 90.7 Å².